The van der Waals surface area contributed by atoms with E-state index in [-0.39, 0.29) is 5.56 Å². The number of hydrogen-bond donors (Lipinski definition) is 0. The van der Waals surface area contributed by atoms with E-state index in [1.165, 1.54) is 0 Å². The smallest absolute Gasteiger partial charge is 0.347 e. The Morgan fingerprint density at radius 2 is 1.33 bits per heavy atom. The van der Waals surface area contributed by atoms with E-state index in [0.717, 1.165) is 37.3 Å². The Bertz CT molecular complexity index is 1720. The van der Waals surface area contributed by atoms with Crippen molar-refractivity contribution in [2.45, 2.75) is 6.92 Å². The van der Waals surface area contributed by atoms with Crippen LogP contribution in [0.5, 0.6) is 0 Å². The topological polar surface area (TPSA) is 181 Å². The molecular formula is C21H8O12. The molecule has 0 aliphatic carbocycles. The highest BCUT2D eigenvalue weighted by molar-refractivity contribution is 6.13. The van der Waals surface area contributed by atoms with Gasteiger partial charge >= 0.3 is 46.4 Å². The van der Waals surface area contributed by atoms with Crippen LogP contribution in [0.15, 0.2) is 58.3 Å². The van der Waals surface area contributed by atoms with Crippen LogP contribution in [0.4, 0.5) is 0 Å². The summed E-state index contributed by atoms with van der Waals surface area (Å²) in [7, 11) is 0. The lowest BCUT2D eigenvalue weighted by Gasteiger charge is -2.08. The second-order valence-electron chi connectivity index (χ2n) is 6.62. The van der Waals surface area contributed by atoms with Gasteiger partial charge in [-0.3, -0.25) is 4.79 Å². The molecule has 164 valence electrons. The number of carbonyl (C=O) groups excluding carboxylic acids is 4. The normalized spacial score (nSPS) is 12.3. The fourth-order valence-corrected chi connectivity index (χ4v) is 3.08. The van der Waals surface area contributed by atoms with Crippen molar-refractivity contribution in [3.63, 3.8) is 0 Å². The molecule has 0 radical (unpaired) electrons. The average molecular weight is 452 g/mol. The van der Waals surface area contributed by atoms with Crippen molar-refractivity contribution >= 4 is 45.4 Å². The first kappa shape index (κ1) is 21.2. The summed E-state index contributed by atoms with van der Waals surface area (Å²) in [6.45, 7) is 0.938. The largest absolute Gasteiger partial charge is 0.390 e. The number of fused-ring (bicyclic) bond motifs is 5. The van der Waals surface area contributed by atoms with Crippen molar-refractivity contribution in [1.82, 2.24) is 0 Å². The van der Waals surface area contributed by atoms with E-state index in [1.54, 1.807) is 0 Å². The van der Waals surface area contributed by atoms with Gasteiger partial charge in [0.25, 0.3) is 0 Å². The minimum Gasteiger partial charge on any atom is -0.390 e. The summed E-state index contributed by atoms with van der Waals surface area (Å²) in [5.74, 6) is -4.69. The van der Waals surface area contributed by atoms with Crippen LogP contribution < -0.4 is 22.5 Å². The summed E-state index contributed by atoms with van der Waals surface area (Å²) in [4.78, 5) is 96.8. The molecule has 12 nitrogen and oxygen atoms in total. The van der Waals surface area contributed by atoms with Crippen LogP contribution in [0.2, 0.25) is 0 Å². The fraction of sp³-hybridized carbons (Fsp3) is 0.0476. The van der Waals surface area contributed by atoms with Crippen LogP contribution in [-0.2, 0) is 14.3 Å². The zero-order chi connectivity index (χ0) is 24.0. The van der Waals surface area contributed by atoms with Gasteiger partial charge in [0.2, 0.25) is 0 Å². The summed E-state index contributed by atoms with van der Waals surface area (Å²) in [6, 6.07) is 4.43. The summed E-state index contributed by atoms with van der Waals surface area (Å²) in [6.07, 6.45) is 0. The molecule has 0 saturated heterocycles. The molecule has 0 spiro atoms. The first-order chi connectivity index (χ1) is 15.6. The number of rotatable bonds is 1. The minimum absolute atomic E-state index is 0.343. The third-order valence-electron chi connectivity index (χ3n) is 4.51. The Morgan fingerprint density at radius 3 is 2.00 bits per heavy atom. The highest BCUT2D eigenvalue weighted by Crippen LogP contribution is 2.19. The zero-order valence-electron chi connectivity index (χ0n) is 16.3. The lowest BCUT2D eigenvalue weighted by molar-refractivity contribution is -0.135. The summed E-state index contributed by atoms with van der Waals surface area (Å²) in [5.41, 5.74) is -6.33. The molecule has 3 aromatic rings. The molecule has 0 unspecified atom stereocenters. The first-order valence-electron chi connectivity index (χ1n) is 8.91. The molecule has 0 atom stereocenters. The van der Waals surface area contributed by atoms with E-state index in [2.05, 4.69) is 18.3 Å². The monoisotopic (exact) mass is 452 g/mol. The number of carbonyl (C=O) groups is 4. The van der Waals surface area contributed by atoms with Crippen LogP contribution in [0, 0.1) is 0 Å². The molecule has 33 heavy (non-hydrogen) atoms. The Balaban J connectivity index is 2.33. The standard InChI is InChI=1S/C21H8O12/c1-7(22)30-15(23)8-2-3-9-5-12(19(27)31-16(9)24)14-13(20(28)33-21(14)29)6-11-10(4-8)17(25)32-18(11)26/h2-6H,1H3. The van der Waals surface area contributed by atoms with Crippen molar-refractivity contribution < 1.29 is 37.5 Å². The molecule has 3 heterocycles. The number of furan rings is 2. The van der Waals surface area contributed by atoms with Gasteiger partial charge in [-0.1, -0.05) is 0 Å². The van der Waals surface area contributed by atoms with Crippen LogP contribution in [0.3, 0.4) is 0 Å². The fourth-order valence-electron chi connectivity index (χ4n) is 3.08. The van der Waals surface area contributed by atoms with Gasteiger partial charge in [-0.25, -0.2) is 33.6 Å². The van der Waals surface area contributed by atoms with Gasteiger partial charge in [-0.15, -0.1) is 0 Å². The maximum absolute atomic E-state index is 12.3. The second kappa shape index (κ2) is 7.60. The molecule has 0 N–H and O–H groups in total. The summed E-state index contributed by atoms with van der Waals surface area (Å²) >= 11 is 0. The molecule has 0 fully saturated rings. The highest BCUT2D eigenvalue weighted by atomic mass is 16.6. The Morgan fingerprint density at radius 1 is 0.727 bits per heavy atom. The average Bonchev–Trinajstić information content (AvgIpc) is 3.13. The Kier molecular flexibility index (Phi) is 4.89. The van der Waals surface area contributed by atoms with Gasteiger partial charge in [0.05, 0.1) is 38.2 Å². The molecule has 1 aliphatic rings. The van der Waals surface area contributed by atoms with Crippen LogP contribution in [0.1, 0.15) is 38.0 Å². The van der Waals surface area contributed by atoms with Crippen LogP contribution in [-0.4, -0.2) is 23.9 Å². The van der Waals surface area contributed by atoms with Crippen molar-refractivity contribution in [3.8, 4) is 0 Å². The number of hydrogen-bond acceptors (Lipinski definition) is 12. The Labute approximate surface area is 179 Å². The Hall–Kier alpha value is -5.00. The predicted molar refractivity (Wildman–Crippen MR) is 106 cm³/mol. The molecule has 1 aromatic carbocycles. The summed E-state index contributed by atoms with van der Waals surface area (Å²) in [5, 5.41) is -2.28. The van der Waals surface area contributed by atoms with E-state index in [0.29, 0.717) is 0 Å². The van der Waals surface area contributed by atoms with E-state index in [1.807, 2.05) is 0 Å². The van der Waals surface area contributed by atoms with Crippen molar-refractivity contribution in [2.75, 3.05) is 0 Å². The van der Waals surface area contributed by atoms with E-state index >= 15 is 0 Å². The molecule has 2 bridgehead atoms. The maximum Gasteiger partial charge on any atom is 0.347 e. The second-order valence-corrected chi connectivity index (χ2v) is 6.62. The van der Waals surface area contributed by atoms with Crippen LogP contribution in [0.25, 0.3) is 21.5 Å². The van der Waals surface area contributed by atoms with Gasteiger partial charge in [-0.2, -0.15) is 0 Å². The van der Waals surface area contributed by atoms with E-state index < -0.39 is 79.1 Å². The molecule has 2 aromatic heterocycles. The van der Waals surface area contributed by atoms with Gasteiger partial charge in [-0.05, 0) is 30.3 Å². The third kappa shape index (κ3) is 3.65. The van der Waals surface area contributed by atoms with Gasteiger partial charge < -0.3 is 18.3 Å². The maximum atomic E-state index is 12.3. The molecule has 4 rings (SSSR count). The van der Waals surface area contributed by atoms with Crippen LogP contribution >= 0.6 is 0 Å². The number of esters is 4. The van der Waals surface area contributed by atoms with Gasteiger partial charge in [0.15, 0.2) is 0 Å². The van der Waals surface area contributed by atoms with Crippen molar-refractivity contribution in [1.29, 1.82) is 0 Å². The molecule has 12 heteroatoms. The van der Waals surface area contributed by atoms with Crippen molar-refractivity contribution in [3.05, 3.63) is 88.7 Å². The van der Waals surface area contributed by atoms with Crippen molar-refractivity contribution in [2.24, 2.45) is 0 Å². The van der Waals surface area contributed by atoms with Gasteiger partial charge in [0, 0.05) is 6.92 Å². The number of ether oxygens (including phenoxy) is 2. The van der Waals surface area contributed by atoms with E-state index in [9.17, 15) is 38.4 Å². The molecular weight excluding hydrogens is 444 g/mol. The SMILES string of the molecule is CC(=O)OC(=O)c1ccc2cc(c3c(=O)oc(=O)c3cc3c(=O)oc(=O)c3c1)C(=O)OC2=O. The molecule has 0 saturated carbocycles. The predicted octanol–water partition coefficient (Wildman–Crippen LogP) is 0.196. The minimum atomic E-state index is -1.28. The zero-order valence-corrected chi connectivity index (χ0v) is 16.3. The molecule has 1 aliphatic heterocycles. The van der Waals surface area contributed by atoms with E-state index in [4.69, 9.17) is 0 Å². The highest BCUT2D eigenvalue weighted by Gasteiger charge is 2.26. The lowest BCUT2D eigenvalue weighted by Crippen LogP contribution is -2.19. The number of cyclic esters (lactones) is 2. The van der Waals surface area contributed by atoms with Gasteiger partial charge in [0.1, 0.15) is 0 Å². The molecule has 0 amide bonds. The summed E-state index contributed by atoms with van der Waals surface area (Å²) < 4.78 is 18.1. The lowest BCUT2D eigenvalue weighted by atomic mass is 10.1. The first-order valence-corrected chi connectivity index (χ1v) is 8.91. The quantitative estimate of drug-likeness (QED) is 0.362. The third-order valence-corrected chi connectivity index (χ3v) is 4.51.